The van der Waals surface area contributed by atoms with Crippen LogP contribution in [0.3, 0.4) is 0 Å². The molecule has 1 unspecified atom stereocenters. The van der Waals surface area contributed by atoms with Crippen molar-refractivity contribution in [2.45, 2.75) is 33.1 Å². The Hall–Kier alpha value is -1.31. The smallest absolute Gasteiger partial charge is 0.318 e. The molecule has 0 aliphatic carbocycles. The molecule has 1 aliphatic heterocycles. The first-order valence-electron chi connectivity index (χ1n) is 5.13. The highest BCUT2D eigenvalue weighted by Gasteiger charge is 2.30. The van der Waals surface area contributed by atoms with E-state index in [0.717, 1.165) is 17.7 Å². The minimum Gasteiger partial charge on any atom is -0.426 e. The highest BCUT2D eigenvalue weighted by Crippen LogP contribution is 2.35. The molecule has 0 N–H and O–H groups in total. The van der Waals surface area contributed by atoms with Gasteiger partial charge < -0.3 is 4.74 Å². The van der Waals surface area contributed by atoms with Crippen LogP contribution in [-0.2, 0) is 4.79 Å². The van der Waals surface area contributed by atoms with Gasteiger partial charge in [0.05, 0.1) is 5.92 Å². The Morgan fingerprint density at radius 1 is 1.29 bits per heavy atom. The zero-order chi connectivity index (χ0) is 10.6. The monoisotopic (exact) mass is 192 g/mol. The molecule has 0 bridgehead atoms. The standard InChI is InChI=1S/C10H10O2.C2H6/c1-2-7-8-5-3-4-6-9(8)12-10(7)11;1-2/h3-7H,2H2,1H3;1-2H3. The zero-order valence-electron chi connectivity index (χ0n) is 8.91. The SMILES string of the molecule is CC.CCC1C(=O)Oc2ccccc21. The predicted octanol–water partition coefficient (Wildman–Crippen LogP) is 3.13. The van der Waals surface area contributed by atoms with Gasteiger partial charge in [0.2, 0.25) is 0 Å². The van der Waals surface area contributed by atoms with Crippen LogP contribution in [0.2, 0.25) is 0 Å². The summed E-state index contributed by atoms with van der Waals surface area (Å²) >= 11 is 0. The lowest BCUT2D eigenvalue weighted by Gasteiger charge is -2.00. The van der Waals surface area contributed by atoms with Gasteiger partial charge in [-0.25, -0.2) is 0 Å². The Labute approximate surface area is 84.9 Å². The third-order valence-corrected chi connectivity index (χ3v) is 2.20. The number of hydrogen-bond donors (Lipinski definition) is 0. The fraction of sp³-hybridized carbons (Fsp3) is 0.417. The highest BCUT2D eigenvalue weighted by molar-refractivity contribution is 5.85. The lowest BCUT2D eigenvalue weighted by atomic mass is 9.98. The van der Waals surface area contributed by atoms with Crippen molar-refractivity contribution in [1.29, 1.82) is 0 Å². The fourth-order valence-electron chi connectivity index (χ4n) is 1.55. The molecule has 2 rings (SSSR count). The summed E-state index contributed by atoms with van der Waals surface area (Å²) in [5.41, 5.74) is 1.03. The van der Waals surface area contributed by atoms with Gasteiger partial charge in [0.25, 0.3) is 0 Å². The van der Waals surface area contributed by atoms with Crippen molar-refractivity contribution in [3.63, 3.8) is 0 Å². The average molecular weight is 192 g/mol. The van der Waals surface area contributed by atoms with E-state index >= 15 is 0 Å². The molecule has 14 heavy (non-hydrogen) atoms. The van der Waals surface area contributed by atoms with E-state index < -0.39 is 0 Å². The normalized spacial score (nSPS) is 17.9. The Bertz CT molecular complexity index is 318. The van der Waals surface area contributed by atoms with E-state index in [-0.39, 0.29) is 11.9 Å². The van der Waals surface area contributed by atoms with Gasteiger partial charge in [-0.2, -0.15) is 0 Å². The third-order valence-electron chi connectivity index (χ3n) is 2.20. The maximum Gasteiger partial charge on any atom is 0.318 e. The molecule has 0 saturated heterocycles. The molecule has 0 radical (unpaired) electrons. The number of carbonyl (C=O) groups is 1. The second kappa shape index (κ2) is 4.80. The molecule has 2 nitrogen and oxygen atoms in total. The summed E-state index contributed by atoms with van der Waals surface area (Å²) in [4.78, 5) is 11.2. The number of benzene rings is 1. The van der Waals surface area contributed by atoms with Crippen molar-refractivity contribution >= 4 is 5.97 Å². The van der Waals surface area contributed by atoms with Gasteiger partial charge in [-0.15, -0.1) is 0 Å². The van der Waals surface area contributed by atoms with E-state index in [1.165, 1.54) is 0 Å². The molecular weight excluding hydrogens is 176 g/mol. The average Bonchev–Trinajstić information content (AvgIpc) is 2.56. The Balaban J connectivity index is 0.000000461. The van der Waals surface area contributed by atoms with Crippen molar-refractivity contribution in [2.24, 2.45) is 0 Å². The van der Waals surface area contributed by atoms with Gasteiger partial charge in [-0.05, 0) is 12.5 Å². The van der Waals surface area contributed by atoms with Gasteiger partial charge in [0, 0.05) is 5.56 Å². The number of fused-ring (bicyclic) bond motifs is 1. The molecule has 1 heterocycles. The van der Waals surface area contributed by atoms with Crippen LogP contribution in [0, 0.1) is 0 Å². The summed E-state index contributed by atoms with van der Waals surface area (Å²) in [5.74, 6) is 0.578. The van der Waals surface area contributed by atoms with E-state index in [1.54, 1.807) is 0 Å². The number of rotatable bonds is 1. The van der Waals surface area contributed by atoms with Gasteiger partial charge in [0.1, 0.15) is 5.75 Å². The zero-order valence-corrected chi connectivity index (χ0v) is 8.91. The van der Waals surface area contributed by atoms with E-state index in [1.807, 2.05) is 45.0 Å². The number of ether oxygens (including phenoxy) is 1. The molecule has 0 spiro atoms. The van der Waals surface area contributed by atoms with Crippen molar-refractivity contribution in [3.05, 3.63) is 29.8 Å². The van der Waals surface area contributed by atoms with Crippen molar-refractivity contribution in [2.75, 3.05) is 0 Å². The van der Waals surface area contributed by atoms with Crippen molar-refractivity contribution in [3.8, 4) is 5.75 Å². The molecule has 2 heteroatoms. The molecule has 0 aromatic heterocycles. The molecule has 1 aromatic rings. The van der Waals surface area contributed by atoms with Gasteiger partial charge >= 0.3 is 5.97 Å². The first-order chi connectivity index (χ1) is 6.83. The van der Waals surface area contributed by atoms with E-state index in [9.17, 15) is 4.79 Å². The second-order valence-electron chi connectivity index (χ2n) is 2.92. The minimum atomic E-state index is -0.112. The summed E-state index contributed by atoms with van der Waals surface area (Å²) < 4.78 is 5.07. The molecule has 1 atom stereocenters. The van der Waals surface area contributed by atoms with Gasteiger partial charge in [0.15, 0.2) is 0 Å². The lowest BCUT2D eigenvalue weighted by Crippen LogP contribution is -2.08. The molecule has 0 fully saturated rings. The summed E-state index contributed by atoms with van der Waals surface area (Å²) in [6.07, 6.45) is 0.815. The van der Waals surface area contributed by atoms with E-state index in [4.69, 9.17) is 4.74 Å². The lowest BCUT2D eigenvalue weighted by molar-refractivity contribution is -0.134. The minimum absolute atomic E-state index is 0.0406. The number of carbonyl (C=O) groups excluding carboxylic acids is 1. The summed E-state index contributed by atoms with van der Waals surface area (Å²) in [5, 5.41) is 0. The van der Waals surface area contributed by atoms with Crippen LogP contribution in [-0.4, -0.2) is 5.97 Å². The van der Waals surface area contributed by atoms with Gasteiger partial charge in [-0.1, -0.05) is 39.0 Å². The first-order valence-corrected chi connectivity index (χ1v) is 5.13. The molecule has 76 valence electrons. The summed E-state index contributed by atoms with van der Waals surface area (Å²) in [6.45, 7) is 5.99. The van der Waals surface area contributed by atoms with E-state index in [0.29, 0.717) is 0 Å². The quantitative estimate of drug-likeness (QED) is 0.504. The van der Waals surface area contributed by atoms with Crippen LogP contribution >= 0.6 is 0 Å². The first kappa shape index (κ1) is 10.8. The van der Waals surface area contributed by atoms with Crippen LogP contribution in [0.1, 0.15) is 38.7 Å². The number of hydrogen-bond acceptors (Lipinski definition) is 2. The van der Waals surface area contributed by atoms with Crippen molar-refractivity contribution < 1.29 is 9.53 Å². The summed E-state index contributed by atoms with van der Waals surface area (Å²) in [7, 11) is 0. The maximum absolute atomic E-state index is 11.2. The van der Waals surface area contributed by atoms with Crippen molar-refractivity contribution in [1.82, 2.24) is 0 Å². The molecule has 1 aromatic carbocycles. The molecule has 0 saturated carbocycles. The third kappa shape index (κ3) is 1.79. The van der Waals surface area contributed by atoms with Crippen LogP contribution in [0.4, 0.5) is 0 Å². The Morgan fingerprint density at radius 2 is 1.93 bits per heavy atom. The topological polar surface area (TPSA) is 26.3 Å². The Morgan fingerprint density at radius 3 is 2.57 bits per heavy atom. The molecule has 0 amide bonds. The van der Waals surface area contributed by atoms with Crippen LogP contribution < -0.4 is 4.74 Å². The molecule has 1 aliphatic rings. The van der Waals surface area contributed by atoms with Gasteiger partial charge in [-0.3, -0.25) is 4.79 Å². The van der Waals surface area contributed by atoms with Crippen LogP contribution in [0.15, 0.2) is 24.3 Å². The fourth-order valence-corrected chi connectivity index (χ4v) is 1.55. The Kier molecular flexibility index (Phi) is 3.69. The predicted molar refractivity (Wildman–Crippen MR) is 56.5 cm³/mol. The second-order valence-corrected chi connectivity index (χ2v) is 2.92. The maximum atomic E-state index is 11.2. The summed E-state index contributed by atoms with van der Waals surface area (Å²) in [6, 6.07) is 7.60. The number of esters is 1. The van der Waals surface area contributed by atoms with E-state index in [2.05, 4.69) is 0 Å². The number of para-hydroxylation sites is 1. The van der Waals surface area contributed by atoms with Crippen LogP contribution in [0.5, 0.6) is 5.75 Å². The molecular formula is C12H16O2. The highest BCUT2D eigenvalue weighted by atomic mass is 16.5. The van der Waals surface area contributed by atoms with Crippen LogP contribution in [0.25, 0.3) is 0 Å². The largest absolute Gasteiger partial charge is 0.426 e.